The maximum Gasteiger partial charge on any atom is 0.426 e. The van der Waals surface area contributed by atoms with E-state index in [1.807, 2.05) is 18.4 Å². The summed E-state index contributed by atoms with van der Waals surface area (Å²) < 4.78 is 38.5. The third-order valence-corrected chi connectivity index (χ3v) is 5.74. The van der Waals surface area contributed by atoms with Crippen molar-refractivity contribution in [2.75, 3.05) is 13.1 Å². The summed E-state index contributed by atoms with van der Waals surface area (Å²) in [6.07, 6.45) is -4.37. The number of alkyl halides is 3. The lowest BCUT2D eigenvalue weighted by Crippen LogP contribution is -2.72. The number of piperidine rings is 1. The Kier molecular flexibility index (Phi) is 3.91. The second kappa shape index (κ2) is 5.45. The van der Waals surface area contributed by atoms with Gasteiger partial charge in [0, 0.05) is 13.1 Å². The molecule has 0 aromatic carbocycles. The van der Waals surface area contributed by atoms with Gasteiger partial charge in [0.2, 0.25) is 5.60 Å². The van der Waals surface area contributed by atoms with Crippen LogP contribution < -0.4 is 0 Å². The number of aryl methyl sites for hydroxylation is 1. The molecule has 0 radical (unpaired) electrons. The highest BCUT2D eigenvalue weighted by molar-refractivity contribution is 7.12. The second-order valence-electron chi connectivity index (χ2n) is 6.47. The van der Waals surface area contributed by atoms with E-state index >= 15 is 0 Å². The number of carbonyl (C=O) groups is 2. The van der Waals surface area contributed by atoms with E-state index in [-0.39, 0.29) is 31.1 Å². The third-order valence-electron chi connectivity index (χ3n) is 4.74. The maximum absolute atomic E-state index is 12.8. The molecule has 3 rings (SSSR count). The molecule has 3 heterocycles. The average molecular weight is 362 g/mol. The molecule has 2 aliphatic heterocycles. The van der Waals surface area contributed by atoms with Crippen molar-refractivity contribution in [3.63, 3.8) is 0 Å². The lowest BCUT2D eigenvalue weighted by atomic mass is 9.86. The first-order chi connectivity index (χ1) is 11.0. The van der Waals surface area contributed by atoms with E-state index in [0.29, 0.717) is 18.2 Å². The standard InChI is InChI=1S/C15H17F3N2O3S/c1-8-3-4-24-11(8)12(21)20-9-5-10(20)7-19(6-9)13(22)14(2,23)15(16,17)18/h3-4,9-10,23H,5-7H2,1-2H3/t9-,10?,14?/m0/s1. The van der Waals surface area contributed by atoms with Crippen molar-refractivity contribution in [3.05, 3.63) is 21.9 Å². The first-order valence-corrected chi connectivity index (χ1v) is 8.37. The Labute approximate surface area is 140 Å². The highest BCUT2D eigenvalue weighted by Crippen LogP contribution is 2.38. The Morgan fingerprint density at radius 3 is 2.33 bits per heavy atom. The molecule has 0 spiro atoms. The zero-order valence-electron chi connectivity index (χ0n) is 13.1. The van der Waals surface area contributed by atoms with Gasteiger partial charge in [0.1, 0.15) is 0 Å². The molecule has 1 aromatic rings. The van der Waals surface area contributed by atoms with Gasteiger partial charge in [0.05, 0.1) is 17.0 Å². The molecule has 24 heavy (non-hydrogen) atoms. The minimum absolute atomic E-state index is 0.0116. The van der Waals surface area contributed by atoms with Gasteiger partial charge in [-0.25, -0.2) is 0 Å². The average Bonchev–Trinajstić information content (AvgIpc) is 2.91. The number of hydrogen-bond donors (Lipinski definition) is 1. The fourth-order valence-electron chi connectivity index (χ4n) is 3.25. The van der Waals surface area contributed by atoms with E-state index in [1.165, 1.54) is 11.3 Å². The normalized spacial score (nSPS) is 25.9. The summed E-state index contributed by atoms with van der Waals surface area (Å²) in [5.74, 6) is -1.50. The van der Waals surface area contributed by atoms with Crippen LogP contribution in [0.4, 0.5) is 13.2 Å². The van der Waals surface area contributed by atoms with Crippen LogP contribution in [0.3, 0.4) is 0 Å². The lowest BCUT2D eigenvalue weighted by Gasteiger charge is -2.56. The van der Waals surface area contributed by atoms with Crippen molar-refractivity contribution in [3.8, 4) is 0 Å². The number of amides is 2. The molecule has 2 unspecified atom stereocenters. The van der Waals surface area contributed by atoms with Crippen LogP contribution >= 0.6 is 11.3 Å². The predicted octanol–water partition coefficient (Wildman–Crippen LogP) is 1.80. The first-order valence-electron chi connectivity index (χ1n) is 7.49. The van der Waals surface area contributed by atoms with Gasteiger partial charge in [-0.2, -0.15) is 13.2 Å². The van der Waals surface area contributed by atoms with Crippen LogP contribution in [0.2, 0.25) is 0 Å². The fourth-order valence-corrected chi connectivity index (χ4v) is 4.11. The SMILES string of the molecule is Cc1ccsc1C(=O)N1C2C[C@H]1CN(C(=O)C(C)(O)C(F)(F)F)C2. The van der Waals surface area contributed by atoms with E-state index in [0.717, 1.165) is 10.5 Å². The Balaban J connectivity index is 1.71. The van der Waals surface area contributed by atoms with Gasteiger partial charge in [-0.1, -0.05) is 0 Å². The zero-order valence-corrected chi connectivity index (χ0v) is 13.9. The van der Waals surface area contributed by atoms with Crippen molar-refractivity contribution in [1.29, 1.82) is 0 Å². The van der Waals surface area contributed by atoms with E-state index in [2.05, 4.69) is 0 Å². The Morgan fingerprint density at radius 1 is 1.29 bits per heavy atom. The number of fused-ring (bicyclic) bond motifs is 2. The topological polar surface area (TPSA) is 60.9 Å². The highest BCUT2D eigenvalue weighted by Gasteiger charge is 2.59. The van der Waals surface area contributed by atoms with Crippen LogP contribution in [-0.4, -0.2) is 63.7 Å². The van der Waals surface area contributed by atoms with Crippen LogP contribution in [0.1, 0.15) is 28.6 Å². The van der Waals surface area contributed by atoms with Gasteiger partial charge in [0.25, 0.3) is 11.8 Å². The number of aliphatic hydroxyl groups is 1. The molecule has 5 nitrogen and oxygen atoms in total. The molecule has 0 saturated carbocycles. The number of rotatable bonds is 2. The first kappa shape index (κ1) is 17.2. The van der Waals surface area contributed by atoms with Gasteiger partial charge in [-0.15, -0.1) is 11.3 Å². The van der Waals surface area contributed by atoms with E-state index in [9.17, 15) is 27.9 Å². The van der Waals surface area contributed by atoms with Crippen molar-refractivity contribution in [1.82, 2.24) is 9.80 Å². The third kappa shape index (κ3) is 2.50. The highest BCUT2D eigenvalue weighted by atomic mass is 32.1. The molecule has 3 atom stereocenters. The van der Waals surface area contributed by atoms with Crippen molar-refractivity contribution in [2.45, 2.75) is 44.1 Å². The molecule has 2 bridgehead atoms. The molecule has 132 valence electrons. The van der Waals surface area contributed by atoms with Gasteiger partial charge in [-0.05, 0) is 37.3 Å². The quantitative estimate of drug-likeness (QED) is 0.873. The van der Waals surface area contributed by atoms with Crippen molar-refractivity contribution in [2.24, 2.45) is 0 Å². The summed E-state index contributed by atoms with van der Waals surface area (Å²) >= 11 is 1.33. The summed E-state index contributed by atoms with van der Waals surface area (Å²) in [6, 6.07) is 1.24. The number of nitrogens with zero attached hydrogens (tertiary/aromatic N) is 2. The van der Waals surface area contributed by atoms with Gasteiger partial charge in [-0.3, -0.25) is 9.59 Å². The molecule has 2 saturated heterocycles. The molecule has 1 N–H and O–H groups in total. The molecular formula is C15H17F3N2O3S. The smallest absolute Gasteiger partial charge is 0.373 e. The summed E-state index contributed by atoms with van der Waals surface area (Å²) in [5, 5.41) is 11.4. The molecule has 2 amide bonds. The van der Waals surface area contributed by atoms with Crippen LogP contribution in [-0.2, 0) is 4.79 Å². The Hall–Kier alpha value is -1.61. The van der Waals surface area contributed by atoms with Crippen molar-refractivity contribution < 1.29 is 27.9 Å². The van der Waals surface area contributed by atoms with Crippen LogP contribution in [0.15, 0.2) is 11.4 Å². The van der Waals surface area contributed by atoms with Crippen molar-refractivity contribution >= 4 is 23.2 Å². The van der Waals surface area contributed by atoms with Crippen LogP contribution in [0.25, 0.3) is 0 Å². The number of halogens is 3. The Morgan fingerprint density at radius 2 is 1.88 bits per heavy atom. The van der Waals surface area contributed by atoms with Crippen LogP contribution in [0, 0.1) is 6.92 Å². The lowest BCUT2D eigenvalue weighted by molar-refractivity contribution is -0.252. The van der Waals surface area contributed by atoms with E-state index < -0.39 is 17.7 Å². The summed E-state index contributed by atoms with van der Waals surface area (Å²) in [6.45, 7) is 2.32. The second-order valence-corrected chi connectivity index (χ2v) is 7.38. The van der Waals surface area contributed by atoms with Gasteiger partial charge in [0.15, 0.2) is 0 Å². The fraction of sp³-hybridized carbons (Fsp3) is 0.600. The molecule has 2 aliphatic rings. The van der Waals surface area contributed by atoms with E-state index in [4.69, 9.17) is 0 Å². The van der Waals surface area contributed by atoms with Gasteiger partial charge < -0.3 is 14.9 Å². The number of likely N-dealkylation sites (tertiary alicyclic amines) is 2. The summed E-state index contributed by atoms with van der Waals surface area (Å²) in [5.41, 5.74) is -2.54. The number of hydrogen-bond acceptors (Lipinski definition) is 4. The number of thiophene rings is 1. The molecule has 1 aromatic heterocycles. The molecular weight excluding hydrogens is 345 g/mol. The van der Waals surface area contributed by atoms with E-state index in [1.54, 1.807) is 4.90 Å². The predicted molar refractivity (Wildman–Crippen MR) is 80.7 cm³/mol. The minimum Gasteiger partial charge on any atom is -0.373 e. The Bertz CT molecular complexity index is 674. The number of piperazine rings is 1. The van der Waals surface area contributed by atoms with Gasteiger partial charge >= 0.3 is 6.18 Å². The molecule has 0 aliphatic carbocycles. The molecule has 9 heteroatoms. The zero-order chi connectivity index (χ0) is 17.9. The van der Waals surface area contributed by atoms with Crippen LogP contribution in [0.5, 0.6) is 0 Å². The summed E-state index contributed by atoms with van der Waals surface area (Å²) in [7, 11) is 0. The monoisotopic (exact) mass is 362 g/mol. The minimum atomic E-state index is -5.03. The molecule has 2 fully saturated rings. The summed E-state index contributed by atoms with van der Waals surface area (Å²) in [4.78, 5) is 27.9. The maximum atomic E-state index is 12.8. The largest absolute Gasteiger partial charge is 0.426 e. The number of carbonyl (C=O) groups excluding carboxylic acids is 2.